The standard InChI is InChI=1S/C23H26N6O5S2/c24-15-27-6-4-17(13-27)21(30)26-23-25-19-5-7-28(14-20(19)35-23)22(31)16-2-1-3-18(12-16)36(32,33)29-8-10-34-11-9-29/h1-3,12,17H,4-11,13-14H2,(H,25,26,30)/t17-/m1/s1. The zero-order valence-corrected chi connectivity index (χ0v) is 21.2. The number of anilines is 1. The molecule has 190 valence electrons. The molecule has 2 saturated heterocycles. The second kappa shape index (κ2) is 10.1. The number of nitrogens with one attached hydrogen (secondary N) is 1. The summed E-state index contributed by atoms with van der Waals surface area (Å²) in [5, 5.41) is 12.4. The molecule has 1 N–H and O–H groups in total. The van der Waals surface area contributed by atoms with Crippen LogP contribution in [0, 0.1) is 17.4 Å². The summed E-state index contributed by atoms with van der Waals surface area (Å²) in [6.07, 6.45) is 3.25. The molecule has 3 aliphatic rings. The van der Waals surface area contributed by atoms with Gasteiger partial charge in [0.2, 0.25) is 15.9 Å². The van der Waals surface area contributed by atoms with Gasteiger partial charge in [0, 0.05) is 49.6 Å². The maximum atomic E-state index is 13.3. The van der Waals surface area contributed by atoms with Crippen LogP contribution in [-0.2, 0) is 32.5 Å². The van der Waals surface area contributed by atoms with Gasteiger partial charge in [-0.05, 0) is 24.6 Å². The first-order chi connectivity index (χ1) is 17.3. The Hall–Kier alpha value is -3.05. The molecule has 2 amide bonds. The van der Waals surface area contributed by atoms with Crippen LogP contribution in [0.3, 0.4) is 0 Å². The first-order valence-electron chi connectivity index (χ1n) is 11.8. The molecule has 2 aromatic rings. The van der Waals surface area contributed by atoms with Crippen molar-refractivity contribution in [3.8, 4) is 6.19 Å². The van der Waals surface area contributed by atoms with Crippen LogP contribution in [0.1, 0.15) is 27.3 Å². The van der Waals surface area contributed by atoms with Gasteiger partial charge in [0.25, 0.3) is 5.91 Å². The van der Waals surface area contributed by atoms with Crippen molar-refractivity contribution >= 4 is 38.3 Å². The number of benzene rings is 1. The summed E-state index contributed by atoms with van der Waals surface area (Å²) in [4.78, 5) is 34.6. The molecule has 1 atom stereocenters. The Kier molecular flexibility index (Phi) is 6.94. The minimum Gasteiger partial charge on any atom is -0.379 e. The van der Waals surface area contributed by atoms with E-state index in [1.807, 2.05) is 0 Å². The Morgan fingerprint density at radius 2 is 2.00 bits per heavy atom. The van der Waals surface area contributed by atoms with Crippen molar-refractivity contribution in [2.45, 2.75) is 24.3 Å². The van der Waals surface area contributed by atoms with Gasteiger partial charge in [-0.3, -0.25) is 9.59 Å². The minimum atomic E-state index is -3.70. The lowest BCUT2D eigenvalue weighted by Gasteiger charge is -2.27. The Labute approximate surface area is 213 Å². The van der Waals surface area contributed by atoms with Crippen LogP contribution in [0.2, 0.25) is 0 Å². The zero-order valence-electron chi connectivity index (χ0n) is 19.6. The molecule has 3 aliphatic heterocycles. The normalized spacial score (nSPS) is 20.6. The second-order valence-corrected chi connectivity index (χ2v) is 12.0. The highest BCUT2D eigenvalue weighted by atomic mass is 32.2. The maximum absolute atomic E-state index is 13.3. The Morgan fingerprint density at radius 3 is 2.75 bits per heavy atom. The third kappa shape index (κ3) is 4.94. The highest BCUT2D eigenvalue weighted by molar-refractivity contribution is 7.89. The maximum Gasteiger partial charge on any atom is 0.254 e. The van der Waals surface area contributed by atoms with E-state index in [2.05, 4.69) is 16.5 Å². The van der Waals surface area contributed by atoms with Crippen molar-refractivity contribution in [2.24, 2.45) is 5.92 Å². The summed E-state index contributed by atoms with van der Waals surface area (Å²) in [5.74, 6) is -0.643. The highest BCUT2D eigenvalue weighted by Gasteiger charge is 2.31. The molecule has 11 nitrogen and oxygen atoms in total. The average Bonchev–Trinajstić information content (AvgIpc) is 3.55. The molecule has 0 radical (unpaired) electrons. The number of carbonyl (C=O) groups is 2. The fraction of sp³-hybridized carbons (Fsp3) is 0.478. The monoisotopic (exact) mass is 530 g/mol. The number of fused-ring (bicyclic) bond motifs is 1. The SMILES string of the molecule is N#CN1CC[C@@H](C(=O)Nc2nc3c(s2)CN(C(=O)c2cccc(S(=O)(=O)N4CCOCC4)c2)CC3)C1. The van der Waals surface area contributed by atoms with E-state index in [1.54, 1.807) is 21.9 Å². The van der Waals surface area contributed by atoms with E-state index in [-0.39, 0.29) is 35.7 Å². The number of nitriles is 1. The number of morpholine rings is 1. The molecular weight excluding hydrogens is 504 g/mol. The third-order valence-corrected chi connectivity index (χ3v) is 9.53. The number of sulfonamides is 1. The largest absolute Gasteiger partial charge is 0.379 e. The number of thiazole rings is 1. The van der Waals surface area contributed by atoms with E-state index in [4.69, 9.17) is 10.00 Å². The summed E-state index contributed by atoms with van der Waals surface area (Å²) in [6, 6.07) is 6.16. The second-order valence-electron chi connectivity index (χ2n) is 8.93. The van der Waals surface area contributed by atoms with Gasteiger partial charge in [0.15, 0.2) is 11.3 Å². The number of hydrogen-bond donors (Lipinski definition) is 1. The molecule has 1 aromatic heterocycles. The predicted octanol–water partition coefficient (Wildman–Crippen LogP) is 1.10. The fourth-order valence-corrected chi connectivity index (χ4v) is 7.08. The fourth-order valence-electron chi connectivity index (χ4n) is 4.60. The molecule has 0 aliphatic carbocycles. The van der Waals surface area contributed by atoms with E-state index in [9.17, 15) is 18.0 Å². The number of nitrogens with zero attached hydrogens (tertiary/aromatic N) is 5. The number of ether oxygens (including phenoxy) is 1. The molecule has 4 heterocycles. The highest BCUT2D eigenvalue weighted by Crippen LogP contribution is 2.30. The van der Waals surface area contributed by atoms with Gasteiger partial charge in [-0.1, -0.05) is 17.4 Å². The molecular formula is C23H26N6O5S2. The van der Waals surface area contributed by atoms with E-state index < -0.39 is 10.0 Å². The number of amides is 2. The molecule has 13 heteroatoms. The molecule has 1 aromatic carbocycles. The van der Waals surface area contributed by atoms with Crippen molar-refractivity contribution in [1.82, 2.24) is 19.1 Å². The van der Waals surface area contributed by atoms with Gasteiger partial charge in [0.05, 0.1) is 36.3 Å². The molecule has 0 unspecified atom stereocenters. The Bertz CT molecular complexity index is 1310. The Morgan fingerprint density at radius 1 is 1.19 bits per heavy atom. The van der Waals surface area contributed by atoms with Crippen molar-refractivity contribution in [2.75, 3.05) is 51.3 Å². The number of likely N-dealkylation sites (tertiary alicyclic amines) is 1. The average molecular weight is 531 g/mol. The van der Waals surface area contributed by atoms with Crippen LogP contribution >= 0.6 is 11.3 Å². The number of rotatable bonds is 5. The topological polar surface area (TPSA) is 136 Å². The lowest BCUT2D eigenvalue weighted by Crippen LogP contribution is -2.40. The predicted molar refractivity (Wildman–Crippen MR) is 131 cm³/mol. The van der Waals surface area contributed by atoms with E-state index in [0.717, 1.165) is 10.6 Å². The summed E-state index contributed by atoms with van der Waals surface area (Å²) in [5.41, 5.74) is 1.17. The lowest BCUT2D eigenvalue weighted by atomic mass is 10.1. The first kappa shape index (κ1) is 24.6. The quantitative estimate of drug-likeness (QED) is 0.568. The molecule has 2 fully saturated rings. The van der Waals surface area contributed by atoms with E-state index in [0.29, 0.717) is 62.9 Å². The van der Waals surface area contributed by atoms with E-state index >= 15 is 0 Å². The summed E-state index contributed by atoms with van der Waals surface area (Å²) >= 11 is 1.34. The van der Waals surface area contributed by atoms with Gasteiger partial charge in [0.1, 0.15) is 0 Å². The van der Waals surface area contributed by atoms with Crippen LogP contribution in [0.15, 0.2) is 29.2 Å². The van der Waals surface area contributed by atoms with Crippen molar-refractivity contribution < 1.29 is 22.7 Å². The molecule has 0 saturated carbocycles. The molecule has 36 heavy (non-hydrogen) atoms. The summed E-state index contributed by atoms with van der Waals surface area (Å²) in [6.45, 7) is 3.06. The number of hydrogen-bond acceptors (Lipinski definition) is 9. The van der Waals surface area contributed by atoms with E-state index in [1.165, 1.54) is 27.8 Å². The smallest absolute Gasteiger partial charge is 0.254 e. The zero-order chi connectivity index (χ0) is 25.3. The summed E-state index contributed by atoms with van der Waals surface area (Å²) in [7, 11) is -3.70. The van der Waals surface area contributed by atoms with Crippen LogP contribution in [-0.4, -0.2) is 85.3 Å². The van der Waals surface area contributed by atoms with Gasteiger partial charge >= 0.3 is 0 Å². The molecule has 0 spiro atoms. The number of carbonyl (C=O) groups excluding carboxylic acids is 2. The van der Waals surface area contributed by atoms with Crippen molar-refractivity contribution in [3.05, 3.63) is 40.4 Å². The van der Waals surface area contributed by atoms with Gasteiger partial charge in [-0.2, -0.15) is 9.57 Å². The van der Waals surface area contributed by atoms with Gasteiger partial charge in [-0.15, -0.1) is 0 Å². The van der Waals surface area contributed by atoms with Crippen molar-refractivity contribution in [1.29, 1.82) is 5.26 Å². The minimum absolute atomic E-state index is 0.0950. The first-order valence-corrected chi connectivity index (χ1v) is 14.0. The third-order valence-electron chi connectivity index (χ3n) is 6.64. The van der Waals surface area contributed by atoms with Crippen LogP contribution in [0.5, 0.6) is 0 Å². The van der Waals surface area contributed by atoms with Crippen LogP contribution in [0.25, 0.3) is 0 Å². The number of aromatic nitrogens is 1. The van der Waals surface area contributed by atoms with Gasteiger partial charge < -0.3 is 19.9 Å². The lowest BCUT2D eigenvalue weighted by molar-refractivity contribution is -0.119. The Balaban J connectivity index is 1.26. The van der Waals surface area contributed by atoms with Crippen molar-refractivity contribution in [3.63, 3.8) is 0 Å². The summed E-state index contributed by atoms with van der Waals surface area (Å²) < 4.78 is 32.6. The molecule has 5 rings (SSSR count). The van der Waals surface area contributed by atoms with Crippen LogP contribution in [0.4, 0.5) is 5.13 Å². The van der Waals surface area contributed by atoms with Gasteiger partial charge in [-0.25, -0.2) is 13.4 Å². The molecule has 0 bridgehead atoms. The van der Waals surface area contributed by atoms with Crippen LogP contribution < -0.4 is 5.32 Å².